The van der Waals surface area contributed by atoms with Crippen LogP contribution in [0.2, 0.25) is 5.02 Å². The van der Waals surface area contributed by atoms with Gasteiger partial charge < -0.3 is 5.32 Å². The van der Waals surface area contributed by atoms with Crippen molar-refractivity contribution in [2.45, 2.75) is 31.4 Å². The van der Waals surface area contributed by atoms with Crippen molar-refractivity contribution in [2.75, 3.05) is 5.32 Å². The van der Waals surface area contributed by atoms with E-state index in [1.54, 1.807) is 24.3 Å². The van der Waals surface area contributed by atoms with Gasteiger partial charge in [0.25, 0.3) is 0 Å². The van der Waals surface area contributed by atoms with Gasteiger partial charge in [-0.2, -0.15) is 35.8 Å². The summed E-state index contributed by atoms with van der Waals surface area (Å²) in [7, 11) is 0. The number of hydrazone groups is 1. The first-order valence-corrected chi connectivity index (χ1v) is 9.35. The lowest BCUT2D eigenvalue weighted by molar-refractivity contribution is -0.343. The quantitative estimate of drug-likeness (QED) is 0.314. The topological polar surface area (TPSA) is 70.6 Å². The Labute approximate surface area is 187 Å². The lowest BCUT2D eigenvalue weighted by Gasteiger charge is -2.27. The number of amides is 2. The van der Waals surface area contributed by atoms with Crippen LogP contribution >= 0.6 is 11.6 Å². The summed E-state index contributed by atoms with van der Waals surface area (Å²) in [6.07, 6.45) is -6.74. The minimum Gasteiger partial charge on any atom is -0.321 e. The van der Waals surface area contributed by atoms with Crippen LogP contribution in [0.15, 0.2) is 53.6 Å². The first-order chi connectivity index (χ1) is 15.2. The Bertz CT molecular complexity index is 1070. The van der Waals surface area contributed by atoms with E-state index in [1.807, 2.05) is 0 Å². The summed E-state index contributed by atoms with van der Waals surface area (Å²) in [5.74, 6) is -16.0. The zero-order valence-corrected chi connectivity index (χ0v) is 17.4. The van der Waals surface area contributed by atoms with Crippen LogP contribution in [0, 0.1) is 0 Å². The number of hydrogen-bond acceptors (Lipinski definition) is 3. The van der Waals surface area contributed by atoms with Crippen molar-refractivity contribution in [3.05, 3.63) is 64.7 Å². The van der Waals surface area contributed by atoms with Gasteiger partial charge in [-0.05, 0) is 36.2 Å². The molecular formula is C20H15ClF7N3O2. The summed E-state index contributed by atoms with van der Waals surface area (Å²) in [6.45, 7) is 1.39. The number of nitrogens with one attached hydrogen (secondary N) is 2. The van der Waals surface area contributed by atoms with E-state index in [-0.39, 0.29) is 17.7 Å². The Morgan fingerprint density at radius 1 is 0.970 bits per heavy atom. The summed E-state index contributed by atoms with van der Waals surface area (Å²) in [6, 6.07) is 11.1. The van der Waals surface area contributed by atoms with Gasteiger partial charge in [-0.25, -0.2) is 5.43 Å². The fourth-order valence-corrected chi connectivity index (χ4v) is 2.62. The van der Waals surface area contributed by atoms with Gasteiger partial charge in [-0.1, -0.05) is 41.9 Å². The number of carbonyl (C=O) groups is 2. The molecule has 2 amide bonds. The van der Waals surface area contributed by atoms with E-state index in [1.165, 1.54) is 24.4 Å². The fraction of sp³-hybridized carbons (Fsp3) is 0.250. The van der Waals surface area contributed by atoms with Crippen molar-refractivity contribution in [2.24, 2.45) is 5.10 Å². The van der Waals surface area contributed by atoms with Crippen LogP contribution in [-0.4, -0.2) is 35.5 Å². The number of alkyl halides is 7. The maximum Gasteiger partial charge on any atom is 0.460 e. The van der Waals surface area contributed by atoms with Crippen molar-refractivity contribution >= 4 is 34.8 Å². The second-order valence-corrected chi connectivity index (χ2v) is 7.09. The third-order valence-corrected chi connectivity index (χ3v) is 4.60. The third-order valence-electron chi connectivity index (χ3n) is 4.23. The van der Waals surface area contributed by atoms with E-state index in [4.69, 9.17) is 11.6 Å². The van der Waals surface area contributed by atoms with Crippen LogP contribution in [0.3, 0.4) is 0 Å². The molecule has 0 aliphatic carbocycles. The summed E-state index contributed by atoms with van der Waals surface area (Å²) >= 11 is 5.96. The maximum atomic E-state index is 13.5. The summed E-state index contributed by atoms with van der Waals surface area (Å²) in [5.41, 5.74) is 2.54. The number of carbonyl (C=O) groups excluding carboxylic acids is 2. The molecule has 0 fully saturated rings. The summed E-state index contributed by atoms with van der Waals surface area (Å²) in [5, 5.41) is 5.50. The van der Waals surface area contributed by atoms with Crippen molar-refractivity contribution < 1.29 is 40.3 Å². The second-order valence-electron chi connectivity index (χ2n) is 6.68. The predicted molar refractivity (Wildman–Crippen MR) is 107 cm³/mol. The van der Waals surface area contributed by atoms with E-state index in [0.717, 1.165) is 12.1 Å². The second kappa shape index (κ2) is 9.77. The Morgan fingerprint density at radius 3 is 2.21 bits per heavy atom. The standard InChI is InChI=1S/C20H15ClF7N3O2/c1-11(30-31-16(32)10-13-5-2-3-8-15(13)21)12-6-4-7-14(9-12)29-17(33)18(22,23)19(24,25)20(26,27)28/h2-9H,10H2,1H3,(H,29,33)(H,31,32). The van der Waals surface area contributed by atoms with Gasteiger partial charge in [0.15, 0.2) is 0 Å². The molecule has 2 aromatic rings. The van der Waals surface area contributed by atoms with Crippen LogP contribution < -0.4 is 10.7 Å². The van der Waals surface area contributed by atoms with E-state index < -0.39 is 35.5 Å². The van der Waals surface area contributed by atoms with Gasteiger partial charge in [-0.3, -0.25) is 9.59 Å². The molecule has 13 heteroatoms. The smallest absolute Gasteiger partial charge is 0.321 e. The van der Waals surface area contributed by atoms with E-state index in [9.17, 15) is 40.3 Å². The molecule has 0 aliphatic rings. The molecule has 0 aromatic heterocycles. The molecule has 2 aromatic carbocycles. The first kappa shape index (κ1) is 26.1. The van der Waals surface area contributed by atoms with Gasteiger partial charge in [0.1, 0.15) is 0 Å². The predicted octanol–water partition coefficient (Wildman–Crippen LogP) is 5.19. The molecule has 0 aliphatic heterocycles. The van der Waals surface area contributed by atoms with E-state index >= 15 is 0 Å². The molecule has 0 saturated carbocycles. The molecule has 2 N–H and O–H groups in total. The van der Waals surface area contributed by atoms with Gasteiger partial charge in [-0.15, -0.1) is 0 Å². The number of nitrogens with zero attached hydrogens (tertiary/aromatic N) is 1. The monoisotopic (exact) mass is 497 g/mol. The fourth-order valence-electron chi connectivity index (χ4n) is 2.42. The zero-order valence-electron chi connectivity index (χ0n) is 16.6. The number of benzene rings is 2. The summed E-state index contributed by atoms with van der Waals surface area (Å²) < 4.78 is 89.7. The largest absolute Gasteiger partial charge is 0.460 e. The molecule has 0 saturated heterocycles. The van der Waals surface area contributed by atoms with Crippen molar-refractivity contribution in [3.63, 3.8) is 0 Å². The zero-order chi connectivity index (χ0) is 25.0. The molecule has 0 atom stereocenters. The van der Waals surface area contributed by atoms with E-state index in [2.05, 4.69) is 10.5 Å². The highest BCUT2D eigenvalue weighted by atomic mass is 35.5. The minimum absolute atomic E-state index is 0.102. The number of anilines is 1. The van der Waals surface area contributed by atoms with Crippen molar-refractivity contribution in [3.8, 4) is 0 Å². The lowest BCUT2D eigenvalue weighted by Crippen LogP contribution is -2.57. The van der Waals surface area contributed by atoms with Crippen LogP contribution in [-0.2, 0) is 16.0 Å². The number of hydrogen-bond donors (Lipinski definition) is 2. The highest BCUT2D eigenvalue weighted by Gasteiger charge is 2.76. The molecule has 2 rings (SSSR count). The first-order valence-electron chi connectivity index (χ1n) is 8.97. The molecule has 5 nitrogen and oxygen atoms in total. The number of rotatable bonds is 7. The molecule has 0 unspecified atom stereocenters. The van der Waals surface area contributed by atoms with Crippen LogP contribution in [0.25, 0.3) is 0 Å². The van der Waals surface area contributed by atoms with Crippen LogP contribution in [0.5, 0.6) is 0 Å². The lowest BCUT2D eigenvalue weighted by atomic mass is 10.1. The van der Waals surface area contributed by atoms with Gasteiger partial charge in [0, 0.05) is 10.7 Å². The average Bonchev–Trinajstić information content (AvgIpc) is 2.73. The highest BCUT2D eigenvalue weighted by molar-refractivity contribution is 6.31. The van der Waals surface area contributed by atoms with Crippen LogP contribution in [0.4, 0.5) is 36.4 Å². The number of halogens is 8. The summed E-state index contributed by atoms with van der Waals surface area (Å²) in [4.78, 5) is 23.5. The third kappa shape index (κ3) is 6.01. The van der Waals surface area contributed by atoms with Gasteiger partial charge >= 0.3 is 23.9 Å². The Kier molecular flexibility index (Phi) is 7.73. The SMILES string of the molecule is CC(=NNC(=O)Cc1ccccc1Cl)c1cccc(NC(=O)C(F)(F)C(F)(F)C(F)(F)F)c1. The molecule has 0 heterocycles. The average molecular weight is 498 g/mol. The molecule has 0 spiro atoms. The Morgan fingerprint density at radius 2 is 1.61 bits per heavy atom. The maximum absolute atomic E-state index is 13.5. The molecular weight excluding hydrogens is 483 g/mol. The van der Waals surface area contributed by atoms with Crippen molar-refractivity contribution in [1.82, 2.24) is 5.43 Å². The molecule has 0 radical (unpaired) electrons. The Hall–Kier alpha value is -3.15. The molecule has 178 valence electrons. The van der Waals surface area contributed by atoms with Crippen molar-refractivity contribution in [1.29, 1.82) is 0 Å². The van der Waals surface area contributed by atoms with E-state index in [0.29, 0.717) is 10.6 Å². The highest BCUT2D eigenvalue weighted by Crippen LogP contribution is 2.46. The van der Waals surface area contributed by atoms with Gasteiger partial charge in [0.2, 0.25) is 5.91 Å². The normalized spacial score (nSPS) is 12.9. The Balaban J connectivity index is 2.11. The minimum atomic E-state index is -6.64. The van der Waals surface area contributed by atoms with Gasteiger partial charge in [0.05, 0.1) is 12.1 Å². The molecule has 0 bridgehead atoms. The van der Waals surface area contributed by atoms with Crippen LogP contribution in [0.1, 0.15) is 18.1 Å². The molecule has 33 heavy (non-hydrogen) atoms.